The van der Waals surface area contributed by atoms with E-state index < -0.39 is 0 Å². The third-order valence-electron chi connectivity index (χ3n) is 4.94. The molecule has 156 valence electrons. The van der Waals surface area contributed by atoms with E-state index in [-0.39, 0.29) is 6.10 Å². The third kappa shape index (κ3) is 6.72. The van der Waals surface area contributed by atoms with Crippen LogP contribution in [0.1, 0.15) is 59.6 Å². The summed E-state index contributed by atoms with van der Waals surface area (Å²) in [5.41, 5.74) is 2.26. The van der Waals surface area contributed by atoms with E-state index in [2.05, 4.69) is 43.0 Å². The molecule has 1 aliphatic heterocycles. The average Bonchev–Trinajstić information content (AvgIpc) is 3.47. The lowest BCUT2D eigenvalue weighted by Gasteiger charge is -2.25. The Bertz CT molecular complexity index is 802. The van der Waals surface area contributed by atoms with Gasteiger partial charge in [0, 0.05) is 35.3 Å². The molecule has 0 bridgehead atoms. The molecule has 3 rings (SSSR count). The van der Waals surface area contributed by atoms with Gasteiger partial charge in [-0.1, -0.05) is 26.7 Å². The van der Waals surface area contributed by atoms with Crippen molar-refractivity contribution in [3.05, 3.63) is 45.6 Å². The monoisotopic (exact) mass is 413 g/mol. The molecule has 1 saturated heterocycles. The van der Waals surface area contributed by atoms with Gasteiger partial charge in [-0.15, -0.1) is 11.3 Å². The van der Waals surface area contributed by atoms with Crippen LogP contribution in [0.2, 0.25) is 0 Å². The zero-order chi connectivity index (χ0) is 20.5. The van der Waals surface area contributed by atoms with Crippen LogP contribution in [0.3, 0.4) is 0 Å². The van der Waals surface area contributed by atoms with E-state index in [1.165, 1.54) is 42.7 Å². The van der Waals surface area contributed by atoms with Crippen molar-refractivity contribution >= 4 is 35.5 Å². The van der Waals surface area contributed by atoms with Crippen molar-refractivity contribution < 1.29 is 14.3 Å². The first-order valence-corrected chi connectivity index (χ1v) is 11.4. The number of hydrogen-bond acceptors (Lipinski definition) is 5. The molecule has 0 aliphatic carbocycles. The summed E-state index contributed by atoms with van der Waals surface area (Å²) in [7, 11) is 0. The normalized spacial score (nSPS) is 15.6. The Hall–Kier alpha value is -2.11. The Morgan fingerprint density at radius 1 is 1.10 bits per heavy atom. The molecule has 2 heterocycles. The number of hydrogen-bond donors (Lipinski definition) is 0. The first kappa shape index (κ1) is 21.6. The number of benzene rings is 1. The number of aldehydes is 1. The van der Waals surface area contributed by atoms with Crippen LogP contribution in [-0.4, -0.2) is 38.7 Å². The minimum absolute atomic E-state index is 0.221. The van der Waals surface area contributed by atoms with Crippen molar-refractivity contribution in [2.45, 2.75) is 45.6 Å². The number of anilines is 1. The fourth-order valence-electron chi connectivity index (χ4n) is 3.09. The van der Waals surface area contributed by atoms with Crippen molar-refractivity contribution in [3.63, 3.8) is 0 Å². The topological polar surface area (TPSA) is 42.1 Å². The predicted molar refractivity (Wildman–Crippen MR) is 122 cm³/mol. The molecule has 0 amide bonds. The van der Waals surface area contributed by atoms with E-state index in [9.17, 15) is 4.79 Å². The number of unbranched alkanes of at least 4 members (excludes halogenated alkanes) is 2. The van der Waals surface area contributed by atoms with Gasteiger partial charge < -0.3 is 14.4 Å². The number of ether oxygens (including phenoxy) is 2. The Labute approximate surface area is 178 Å². The standard InChI is InChI=1S/C24H31NO3S/c1-3-5-13-25(14-6-4-2)20-9-7-19(24(15-20)28-18-21-17-27-21)8-10-22-11-12-23(16-26)29-22/h7-12,15-16,21H,3-6,13-14,17-18H2,1-2H3/b10-8+. The summed E-state index contributed by atoms with van der Waals surface area (Å²) >= 11 is 1.49. The molecule has 1 aliphatic rings. The molecule has 2 aromatic rings. The van der Waals surface area contributed by atoms with Gasteiger partial charge in [0.1, 0.15) is 18.5 Å². The van der Waals surface area contributed by atoms with Crippen molar-refractivity contribution in [1.29, 1.82) is 0 Å². The molecule has 1 atom stereocenters. The Kier molecular flexibility index (Phi) is 8.32. The number of nitrogens with zero attached hydrogens (tertiary/aromatic N) is 1. The molecule has 4 nitrogen and oxygen atoms in total. The van der Waals surface area contributed by atoms with E-state index >= 15 is 0 Å². The van der Waals surface area contributed by atoms with Gasteiger partial charge in [-0.05, 0) is 49.3 Å². The largest absolute Gasteiger partial charge is 0.490 e. The van der Waals surface area contributed by atoms with E-state index in [0.717, 1.165) is 47.0 Å². The highest BCUT2D eigenvalue weighted by molar-refractivity contribution is 7.14. The van der Waals surface area contributed by atoms with Crippen LogP contribution in [-0.2, 0) is 4.74 Å². The second kappa shape index (κ2) is 11.2. The molecular weight excluding hydrogens is 382 g/mol. The molecule has 1 fully saturated rings. The number of carbonyl (C=O) groups excluding carboxylic acids is 1. The van der Waals surface area contributed by atoms with Gasteiger partial charge in [-0.2, -0.15) is 0 Å². The van der Waals surface area contributed by atoms with Gasteiger partial charge in [0.15, 0.2) is 6.29 Å². The lowest BCUT2D eigenvalue weighted by Crippen LogP contribution is -2.25. The molecule has 1 unspecified atom stereocenters. The molecule has 29 heavy (non-hydrogen) atoms. The molecule has 5 heteroatoms. The lowest BCUT2D eigenvalue weighted by atomic mass is 10.1. The Morgan fingerprint density at radius 3 is 2.45 bits per heavy atom. The Morgan fingerprint density at radius 2 is 1.83 bits per heavy atom. The van der Waals surface area contributed by atoms with Crippen LogP contribution in [0.25, 0.3) is 12.2 Å². The highest BCUT2D eigenvalue weighted by atomic mass is 32.1. The van der Waals surface area contributed by atoms with Gasteiger partial charge in [0.25, 0.3) is 0 Å². The van der Waals surface area contributed by atoms with Gasteiger partial charge in [0.2, 0.25) is 0 Å². The highest BCUT2D eigenvalue weighted by Gasteiger charge is 2.23. The second-order valence-corrected chi connectivity index (χ2v) is 8.52. The summed E-state index contributed by atoms with van der Waals surface area (Å²) in [5, 5.41) is 0. The van der Waals surface area contributed by atoms with Gasteiger partial charge >= 0.3 is 0 Å². The fraction of sp³-hybridized carbons (Fsp3) is 0.458. The second-order valence-electron chi connectivity index (χ2n) is 7.37. The van der Waals surface area contributed by atoms with Gasteiger partial charge in [-0.25, -0.2) is 0 Å². The molecule has 0 saturated carbocycles. The van der Waals surface area contributed by atoms with Crippen molar-refractivity contribution in [3.8, 4) is 5.75 Å². The molecule has 1 aromatic carbocycles. The molecule has 0 spiro atoms. The highest BCUT2D eigenvalue weighted by Crippen LogP contribution is 2.30. The van der Waals surface area contributed by atoms with Crippen molar-refractivity contribution in [1.82, 2.24) is 0 Å². The number of thiophene rings is 1. The lowest BCUT2D eigenvalue weighted by molar-refractivity contribution is 0.112. The van der Waals surface area contributed by atoms with Crippen LogP contribution < -0.4 is 9.64 Å². The van der Waals surface area contributed by atoms with Gasteiger partial charge in [0.05, 0.1) is 11.5 Å². The molecule has 0 N–H and O–H groups in total. The first-order chi connectivity index (χ1) is 14.2. The molecule has 0 radical (unpaired) electrons. The maximum Gasteiger partial charge on any atom is 0.160 e. The summed E-state index contributed by atoms with van der Waals surface area (Å²) in [4.78, 5) is 15.2. The van der Waals surface area contributed by atoms with Crippen LogP contribution >= 0.6 is 11.3 Å². The summed E-state index contributed by atoms with van der Waals surface area (Å²) in [5.74, 6) is 0.888. The van der Waals surface area contributed by atoms with Crippen molar-refractivity contribution in [2.75, 3.05) is 31.2 Å². The fourth-order valence-corrected chi connectivity index (χ4v) is 3.82. The average molecular weight is 414 g/mol. The minimum atomic E-state index is 0.221. The van der Waals surface area contributed by atoms with E-state index in [0.29, 0.717) is 6.61 Å². The summed E-state index contributed by atoms with van der Waals surface area (Å²) in [6.07, 6.45) is 9.98. The van der Waals surface area contributed by atoms with Crippen LogP contribution in [0.5, 0.6) is 5.75 Å². The maximum atomic E-state index is 10.9. The zero-order valence-electron chi connectivity index (χ0n) is 17.4. The predicted octanol–water partition coefficient (Wildman–Crippen LogP) is 5.92. The van der Waals surface area contributed by atoms with Crippen LogP contribution in [0.4, 0.5) is 5.69 Å². The zero-order valence-corrected chi connectivity index (χ0v) is 18.2. The number of rotatable bonds is 13. The number of carbonyl (C=O) groups is 1. The quantitative estimate of drug-likeness (QED) is 0.302. The van der Waals surface area contributed by atoms with E-state index in [1.54, 1.807) is 0 Å². The van der Waals surface area contributed by atoms with Crippen LogP contribution in [0.15, 0.2) is 30.3 Å². The molecular formula is C24H31NO3S. The summed E-state index contributed by atoms with van der Waals surface area (Å²) < 4.78 is 11.4. The first-order valence-electron chi connectivity index (χ1n) is 10.6. The maximum absolute atomic E-state index is 10.9. The SMILES string of the molecule is CCCCN(CCCC)c1ccc(/C=C/c2ccc(C=O)s2)c(OCC2CO2)c1. The van der Waals surface area contributed by atoms with E-state index in [1.807, 2.05) is 18.2 Å². The summed E-state index contributed by atoms with van der Waals surface area (Å²) in [6.45, 7) is 7.98. The van der Waals surface area contributed by atoms with Crippen LogP contribution in [0, 0.1) is 0 Å². The smallest absolute Gasteiger partial charge is 0.160 e. The van der Waals surface area contributed by atoms with Crippen molar-refractivity contribution in [2.24, 2.45) is 0 Å². The van der Waals surface area contributed by atoms with E-state index in [4.69, 9.17) is 9.47 Å². The van der Waals surface area contributed by atoms with Gasteiger partial charge in [-0.3, -0.25) is 4.79 Å². The molecule has 1 aromatic heterocycles. The summed E-state index contributed by atoms with van der Waals surface area (Å²) in [6, 6.07) is 10.3. The minimum Gasteiger partial charge on any atom is -0.490 e. The number of epoxide rings is 1. The Balaban J connectivity index is 1.81. The third-order valence-corrected chi connectivity index (χ3v) is 5.92.